The van der Waals surface area contributed by atoms with Crippen molar-refractivity contribution in [1.29, 1.82) is 0 Å². The fourth-order valence-corrected chi connectivity index (χ4v) is 1.34. The van der Waals surface area contributed by atoms with E-state index in [-0.39, 0.29) is 5.38 Å². The van der Waals surface area contributed by atoms with Crippen LogP contribution in [-0.2, 0) is 6.42 Å². The first-order chi connectivity index (χ1) is 6.11. The molecule has 0 radical (unpaired) electrons. The molecule has 1 nitrogen and oxygen atoms in total. The molecule has 0 aromatic carbocycles. The molecule has 0 amide bonds. The quantitative estimate of drug-likeness (QED) is 0.679. The number of aromatic nitrogens is 1. The van der Waals surface area contributed by atoms with Crippen LogP contribution < -0.4 is 0 Å². The van der Waals surface area contributed by atoms with Gasteiger partial charge in [-0.2, -0.15) is 0 Å². The van der Waals surface area contributed by atoms with E-state index in [1.165, 1.54) is 11.1 Å². The topological polar surface area (TPSA) is 12.9 Å². The first-order valence-corrected chi connectivity index (χ1v) is 5.08. The van der Waals surface area contributed by atoms with Crippen LogP contribution in [0.3, 0.4) is 0 Å². The van der Waals surface area contributed by atoms with E-state index >= 15 is 0 Å². The van der Waals surface area contributed by atoms with Crippen molar-refractivity contribution in [1.82, 2.24) is 4.98 Å². The Bertz CT molecular complexity index is 271. The standard InChI is InChI=1S/C11H16ClN/c1-8(2)11(12)6-10-4-5-13-7-9(10)3/h4-5,7-8,11H,6H2,1-3H3. The summed E-state index contributed by atoms with van der Waals surface area (Å²) in [7, 11) is 0. The zero-order valence-electron chi connectivity index (χ0n) is 8.42. The summed E-state index contributed by atoms with van der Waals surface area (Å²) in [6.45, 7) is 6.37. The Morgan fingerprint density at radius 3 is 2.69 bits per heavy atom. The molecule has 0 aliphatic heterocycles. The summed E-state index contributed by atoms with van der Waals surface area (Å²) in [5.74, 6) is 0.522. The Kier molecular flexibility index (Phi) is 3.73. The van der Waals surface area contributed by atoms with Crippen LogP contribution in [0.2, 0.25) is 0 Å². The highest BCUT2D eigenvalue weighted by Crippen LogP contribution is 2.17. The average Bonchev–Trinajstić information content (AvgIpc) is 2.08. The van der Waals surface area contributed by atoms with Gasteiger partial charge in [0, 0.05) is 17.8 Å². The van der Waals surface area contributed by atoms with Gasteiger partial charge in [0.15, 0.2) is 0 Å². The minimum atomic E-state index is 0.223. The molecule has 13 heavy (non-hydrogen) atoms. The van der Waals surface area contributed by atoms with E-state index in [0.29, 0.717) is 5.92 Å². The number of pyridine rings is 1. The molecule has 0 aliphatic carbocycles. The minimum Gasteiger partial charge on any atom is -0.264 e. The maximum absolute atomic E-state index is 6.20. The molecule has 1 rings (SSSR count). The van der Waals surface area contributed by atoms with Crippen LogP contribution in [0.5, 0.6) is 0 Å². The van der Waals surface area contributed by atoms with Crippen LogP contribution in [0.1, 0.15) is 25.0 Å². The van der Waals surface area contributed by atoms with Crippen molar-refractivity contribution in [2.75, 3.05) is 0 Å². The molecule has 1 unspecified atom stereocenters. The second kappa shape index (κ2) is 4.61. The molecule has 0 bridgehead atoms. The Hall–Kier alpha value is -0.560. The molecule has 72 valence electrons. The van der Waals surface area contributed by atoms with Gasteiger partial charge in [-0.25, -0.2) is 0 Å². The van der Waals surface area contributed by atoms with Crippen LogP contribution in [0.4, 0.5) is 0 Å². The molecule has 0 spiro atoms. The van der Waals surface area contributed by atoms with Crippen molar-refractivity contribution >= 4 is 11.6 Å². The summed E-state index contributed by atoms with van der Waals surface area (Å²) in [6.07, 6.45) is 4.65. The highest BCUT2D eigenvalue weighted by Gasteiger charge is 2.11. The number of rotatable bonds is 3. The predicted octanol–water partition coefficient (Wildman–Crippen LogP) is 3.20. The molecular weight excluding hydrogens is 182 g/mol. The lowest BCUT2D eigenvalue weighted by atomic mass is 10.0. The van der Waals surface area contributed by atoms with Gasteiger partial charge in [0.05, 0.1) is 0 Å². The highest BCUT2D eigenvalue weighted by atomic mass is 35.5. The van der Waals surface area contributed by atoms with Crippen LogP contribution in [-0.4, -0.2) is 10.4 Å². The van der Waals surface area contributed by atoms with Gasteiger partial charge in [0.1, 0.15) is 0 Å². The first kappa shape index (κ1) is 10.5. The van der Waals surface area contributed by atoms with Gasteiger partial charge >= 0.3 is 0 Å². The van der Waals surface area contributed by atoms with Crippen LogP contribution in [0.25, 0.3) is 0 Å². The van der Waals surface area contributed by atoms with Gasteiger partial charge in [0.25, 0.3) is 0 Å². The largest absolute Gasteiger partial charge is 0.264 e. The number of hydrogen-bond donors (Lipinski definition) is 0. The fraction of sp³-hybridized carbons (Fsp3) is 0.545. The van der Waals surface area contributed by atoms with Crippen LogP contribution in [0.15, 0.2) is 18.5 Å². The van der Waals surface area contributed by atoms with Crippen LogP contribution >= 0.6 is 11.6 Å². The smallest absolute Gasteiger partial charge is 0.0399 e. The van der Waals surface area contributed by atoms with Crippen molar-refractivity contribution < 1.29 is 0 Å². The Balaban J connectivity index is 2.69. The molecule has 1 aromatic rings. The minimum absolute atomic E-state index is 0.223. The Morgan fingerprint density at radius 2 is 2.15 bits per heavy atom. The fourth-order valence-electron chi connectivity index (χ4n) is 1.18. The first-order valence-electron chi connectivity index (χ1n) is 4.65. The molecule has 0 fully saturated rings. The van der Waals surface area contributed by atoms with Gasteiger partial charge in [-0.3, -0.25) is 4.98 Å². The van der Waals surface area contributed by atoms with Gasteiger partial charge in [-0.1, -0.05) is 13.8 Å². The number of halogens is 1. The van der Waals surface area contributed by atoms with Crippen molar-refractivity contribution in [3.63, 3.8) is 0 Å². The molecule has 1 heterocycles. The van der Waals surface area contributed by atoms with Gasteiger partial charge in [0.2, 0.25) is 0 Å². The normalized spacial score (nSPS) is 13.3. The van der Waals surface area contributed by atoms with E-state index in [1.54, 1.807) is 0 Å². The van der Waals surface area contributed by atoms with Crippen LogP contribution in [0, 0.1) is 12.8 Å². The number of nitrogens with zero attached hydrogens (tertiary/aromatic N) is 1. The maximum Gasteiger partial charge on any atom is 0.0399 e. The third kappa shape index (κ3) is 3.00. The number of alkyl halides is 1. The third-order valence-electron chi connectivity index (χ3n) is 2.27. The van der Waals surface area contributed by atoms with Crippen molar-refractivity contribution in [3.8, 4) is 0 Å². The summed E-state index contributed by atoms with van der Waals surface area (Å²) in [5, 5.41) is 0.223. The number of hydrogen-bond acceptors (Lipinski definition) is 1. The van der Waals surface area contributed by atoms with E-state index < -0.39 is 0 Å². The zero-order valence-corrected chi connectivity index (χ0v) is 9.17. The van der Waals surface area contributed by atoms with E-state index in [0.717, 1.165) is 6.42 Å². The highest BCUT2D eigenvalue weighted by molar-refractivity contribution is 6.20. The van der Waals surface area contributed by atoms with Gasteiger partial charge in [-0.05, 0) is 36.5 Å². The van der Waals surface area contributed by atoms with Gasteiger partial charge in [-0.15, -0.1) is 11.6 Å². The molecule has 0 aliphatic rings. The van der Waals surface area contributed by atoms with E-state index in [9.17, 15) is 0 Å². The molecule has 0 N–H and O–H groups in total. The number of aryl methyl sites for hydroxylation is 1. The maximum atomic E-state index is 6.20. The predicted molar refractivity (Wildman–Crippen MR) is 57.2 cm³/mol. The molecule has 2 heteroatoms. The second-order valence-corrected chi connectivity index (χ2v) is 4.33. The summed E-state index contributed by atoms with van der Waals surface area (Å²) in [4.78, 5) is 4.05. The second-order valence-electron chi connectivity index (χ2n) is 3.77. The van der Waals surface area contributed by atoms with E-state index in [1.807, 2.05) is 18.5 Å². The zero-order chi connectivity index (χ0) is 9.84. The van der Waals surface area contributed by atoms with Crippen molar-refractivity contribution in [2.45, 2.75) is 32.6 Å². The molecule has 0 saturated carbocycles. The Labute approximate surface area is 85.1 Å². The molecule has 1 aromatic heterocycles. The monoisotopic (exact) mass is 197 g/mol. The summed E-state index contributed by atoms with van der Waals surface area (Å²) in [6, 6.07) is 2.05. The molecular formula is C11H16ClN. The van der Waals surface area contributed by atoms with Gasteiger partial charge < -0.3 is 0 Å². The van der Waals surface area contributed by atoms with E-state index in [4.69, 9.17) is 11.6 Å². The SMILES string of the molecule is Cc1cnccc1CC(Cl)C(C)C. The third-order valence-corrected chi connectivity index (χ3v) is 2.93. The lowest BCUT2D eigenvalue weighted by Crippen LogP contribution is -2.11. The Morgan fingerprint density at radius 1 is 1.46 bits per heavy atom. The van der Waals surface area contributed by atoms with Crippen molar-refractivity contribution in [3.05, 3.63) is 29.6 Å². The van der Waals surface area contributed by atoms with Crippen molar-refractivity contribution in [2.24, 2.45) is 5.92 Å². The average molecular weight is 198 g/mol. The molecule has 1 atom stereocenters. The van der Waals surface area contributed by atoms with E-state index in [2.05, 4.69) is 25.8 Å². The lowest BCUT2D eigenvalue weighted by Gasteiger charge is -2.14. The summed E-state index contributed by atoms with van der Waals surface area (Å²) in [5.41, 5.74) is 2.54. The summed E-state index contributed by atoms with van der Waals surface area (Å²) >= 11 is 6.20. The lowest BCUT2D eigenvalue weighted by molar-refractivity contribution is 0.595. The summed E-state index contributed by atoms with van der Waals surface area (Å²) < 4.78 is 0. The molecule has 0 saturated heterocycles.